The van der Waals surface area contributed by atoms with E-state index in [4.69, 9.17) is 0 Å². The van der Waals surface area contributed by atoms with Gasteiger partial charge in [-0.25, -0.2) is 4.98 Å². The van der Waals surface area contributed by atoms with E-state index < -0.39 is 0 Å². The number of imidazole rings is 1. The maximum Gasteiger partial charge on any atom is 0.261 e. The third-order valence-corrected chi connectivity index (χ3v) is 4.12. The van der Waals surface area contributed by atoms with Crippen LogP contribution >= 0.6 is 0 Å². The van der Waals surface area contributed by atoms with Crippen LogP contribution in [0.1, 0.15) is 10.4 Å². The van der Waals surface area contributed by atoms with Gasteiger partial charge in [0.2, 0.25) is 5.95 Å². The quantitative estimate of drug-likeness (QED) is 0.571. The summed E-state index contributed by atoms with van der Waals surface area (Å²) in [6.45, 7) is 0. The van der Waals surface area contributed by atoms with Crippen molar-refractivity contribution in [3.05, 3.63) is 66.5 Å². The first-order chi connectivity index (χ1) is 11.1. The molecule has 0 spiro atoms. The van der Waals surface area contributed by atoms with E-state index in [1.165, 1.54) is 0 Å². The molecule has 0 N–H and O–H groups in total. The molecule has 0 aliphatic carbocycles. The highest BCUT2D eigenvalue weighted by molar-refractivity contribution is 6.06. The van der Waals surface area contributed by atoms with Crippen LogP contribution in [0.3, 0.4) is 0 Å². The number of rotatable bonds is 2. The summed E-state index contributed by atoms with van der Waals surface area (Å²) in [4.78, 5) is 19.0. The van der Waals surface area contributed by atoms with E-state index in [-0.39, 0.29) is 5.91 Å². The SMILES string of the molecule is CN(C(=O)c1cc2ccccn2c1)c1nc2ccccc2n1C. The number of aryl methyl sites for hydroxylation is 1. The average Bonchev–Trinajstić information content (AvgIpc) is 3.15. The molecule has 0 unspecified atom stereocenters. The molecule has 1 amide bonds. The van der Waals surface area contributed by atoms with Crippen molar-refractivity contribution in [1.82, 2.24) is 14.0 Å². The highest BCUT2D eigenvalue weighted by Crippen LogP contribution is 2.22. The molecule has 114 valence electrons. The van der Waals surface area contributed by atoms with Gasteiger partial charge in [-0.3, -0.25) is 9.69 Å². The topological polar surface area (TPSA) is 42.5 Å². The van der Waals surface area contributed by atoms with Crippen LogP contribution in [-0.2, 0) is 7.05 Å². The highest BCUT2D eigenvalue weighted by atomic mass is 16.2. The molecule has 1 aromatic carbocycles. The fourth-order valence-corrected chi connectivity index (χ4v) is 2.89. The summed E-state index contributed by atoms with van der Waals surface area (Å²) in [5.74, 6) is 0.554. The van der Waals surface area contributed by atoms with Crippen LogP contribution in [0.2, 0.25) is 0 Å². The first-order valence-corrected chi connectivity index (χ1v) is 7.41. The zero-order valence-corrected chi connectivity index (χ0v) is 13.0. The number of anilines is 1. The van der Waals surface area contributed by atoms with Gasteiger partial charge in [0, 0.05) is 32.0 Å². The van der Waals surface area contributed by atoms with Gasteiger partial charge in [0.25, 0.3) is 5.91 Å². The first-order valence-electron chi connectivity index (χ1n) is 7.41. The number of nitrogens with zero attached hydrogens (tertiary/aromatic N) is 4. The molecule has 0 fully saturated rings. The molecule has 0 bridgehead atoms. The van der Waals surface area contributed by atoms with Crippen LogP contribution in [0.15, 0.2) is 60.9 Å². The van der Waals surface area contributed by atoms with Gasteiger partial charge in [-0.15, -0.1) is 0 Å². The Bertz CT molecular complexity index is 995. The van der Waals surface area contributed by atoms with Crippen LogP contribution in [0.5, 0.6) is 0 Å². The van der Waals surface area contributed by atoms with Crippen molar-refractivity contribution < 1.29 is 4.79 Å². The molecule has 0 atom stereocenters. The molecule has 0 saturated heterocycles. The van der Waals surface area contributed by atoms with E-state index in [9.17, 15) is 4.79 Å². The Kier molecular flexibility index (Phi) is 2.94. The van der Waals surface area contributed by atoms with Crippen LogP contribution in [0.4, 0.5) is 5.95 Å². The number of fused-ring (bicyclic) bond motifs is 2. The van der Waals surface area contributed by atoms with Gasteiger partial charge in [-0.2, -0.15) is 0 Å². The second-order valence-electron chi connectivity index (χ2n) is 5.59. The molecule has 3 heterocycles. The van der Waals surface area contributed by atoms with Crippen molar-refractivity contribution in [3.63, 3.8) is 0 Å². The Hall–Kier alpha value is -3.08. The van der Waals surface area contributed by atoms with Crippen LogP contribution in [0.25, 0.3) is 16.6 Å². The number of amides is 1. The minimum absolute atomic E-state index is 0.0768. The third-order valence-electron chi connectivity index (χ3n) is 4.12. The standard InChI is InChI=1S/C18H16N4O/c1-20-16-9-4-3-8-15(16)19-18(20)21(2)17(23)13-11-14-7-5-6-10-22(14)12-13/h3-12H,1-2H3. The number of pyridine rings is 1. The summed E-state index contributed by atoms with van der Waals surface area (Å²) in [7, 11) is 3.68. The molecule has 3 aromatic heterocycles. The van der Waals surface area contributed by atoms with Crippen LogP contribution in [0, 0.1) is 0 Å². The molecule has 4 aromatic rings. The van der Waals surface area contributed by atoms with Crippen LogP contribution < -0.4 is 4.90 Å². The van der Waals surface area contributed by atoms with Crippen molar-refractivity contribution in [2.24, 2.45) is 7.05 Å². The van der Waals surface area contributed by atoms with Crippen molar-refractivity contribution >= 4 is 28.4 Å². The van der Waals surface area contributed by atoms with Gasteiger partial charge < -0.3 is 8.97 Å². The fraction of sp³-hybridized carbons (Fsp3) is 0.111. The van der Waals surface area contributed by atoms with E-state index >= 15 is 0 Å². The zero-order valence-electron chi connectivity index (χ0n) is 13.0. The summed E-state index contributed by atoms with van der Waals surface area (Å²) >= 11 is 0. The van der Waals surface area contributed by atoms with Crippen molar-refractivity contribution in [2.45, 2.75) is 0 Å². The van der Waals surface area contributed by atoms with E-state index in [1.54, 1.807) is 11.9 Å². The number of hydrogen-bond donors (Lipinski definition) is 0. The number of carbonyl (C=O) groups excluding carboxylic acids is 1. The van der Waals surface area contributed by atoms with Crippen LogP contribution in [-0.4, -0.2) is 26.9 Å². The van der Waals surface area contributed by atoms with E-state index in [1.807, 2.05) is 76.9 Å². The monoisotopic (exact) mass is 304 g/mol. The Morgan fingerprint density at radius 2 is 1.91 bits per heavy atom. The largest absolute Gasteiger partial charge is 0.323 e. The fourth-order valence-electron chi connectivity index (χ4n) is 2.89. The summed E-state index contributed by atoms with van der Waals surface area (Å²) in [6, 6.07) is 15.6. The second kappa shape index (κ2) is 4.98. The highest BCUT2D eigenvalue weighted by Gasteiger charge is 2.20. The minimum atomic E-state index is -0.0768. The summed E-state index contributed by atoms with van der Waals surface area (Å²) < 4.78 is 3.87. The third kappa shape index (κ3) is 2.09. The van der Waals surface area contributed by atoms with Crippen molar-refractivity contribution in [3.8, 4) is 0 Å². The predicted molar refractivity (Wildman–Crippen MR) is 90.8 cm³/mol. The summed E-state index contributed by atoms with van der Waals surface area (Å²) in [5, 5.41) is 0. The Morgan fingerprint density at radius 1 is 1.13 bits per heavy atom. The number of hydrogen-bond acceptors (Lipinski definition) is 2. The normalized spacial score (nSPS) is 11.2. The molecule has 0 radical (unpaired) electrons. The molecule has 4 rings (SSSR count). The average molecular weight is 304 g/mol. The van der Waals surface area contributed by atoms with E-state index in [0.717, 1.165) is 16.6 Å². The molecule has 0 saturated carbocycles. The Labute approximate surface area is 133 Å². The molecule has 23 heavy (non-hydrogen) atoms. The number of para-hydroxylation sites is 2. The van der Waals surface area contributed by atoms with E-state index in [0.29, 0.717) is 11.5 Å². The lowest BCUT2D eigenvalue weighted by molar-refractivity contribution is 0.0991. The zero-order chi connectivity index (χ0) is 16.0. The Balaban J connectivity index is 1.76. The lowest BCUT2D eigenvalue weighted by atomic mass is 10.3. The van der Waals surface area contributed by atoms with Gasteiger partial charge in [0.1, 0.15) is 0 Å². The lowest BCUT2D eigenvalue weighted by Crippen LogP contribution is -2.28. The number of benzene rings is 1. The summed E-state index contributed by atoms with van der Waals surface area (Å²) in [5.41, 5.74) is 3.52. The lowest BCUT2D eigenvalue weighted by Gasteiger charge is -2.15. The van der Waals surface area contributed by atoms with Crippen molar-refractivity contribution in [1.29, 1.82) is 0 Å². The first kappa shape index (κ1) is 13.6. The molecule has 0 aliphatic rings. The van der Waals surface area contributed by atoms with Gasteiger partial charge >= 0.3 is 0 Å². The molecule has 5 heteroatoms. The summed E-state index contributed by atoms with van der Waals surface area (Å²) in [6.07, 6.45) is 3.78. The molecular weight excluding hydrogens is 288 g/mol. The molecule has 0 aliphatic heterocycles. The number of carbonyl (C=O) groups is 1. The van der Waals surface area contributed by atoms with Gasteiger partial charge in [0.05, 0.1) is 16.6 Å². The Morgan fingerprint density at radius 3 is 2.70 bits per heavy atom. The predicted octanol–water partition coefficient (Wildman–Crippen LogP) is 3.10. The van der Waals surface area contributed by atoms with Gasteiger partial charge in [-0.05, 0) is 30.3 Å². The van der Waals surface area contributed by atoms with Gasteiger partial charge in [-0.1, -0.05) is 18.2 Å². The molecular formula is C18H16N4O. The van der Waals surface area contributed by atoms with Crippen molar-refractivity contribution in [2.75, 3.05) is 11.9 Å². The minimum Gasteiger partial charge on any atom is -0.323 e. The number of aromatic nitrogens is 3. The molecule has 5 nitrogen and oxygen atoms in total. The second-order valence-corrected chi connectivity index (χ2v) is 5.59. The van der Waals surface area contributed by atoms with E-state index in [2.05, 4.69) is 4.98 Å². The smallest absolute Gasteiger partial charge is 0.261 e. The maximum atomic E-state index is 12.8. The van der Waals surface area contributed by atoms with Gasteiger partial charge in [0.15, 0.2) is 0 Å². The maximum absolute atomic E-state index is 12.8.